The molecule has 0 aromatic heterocycles. The molecule has 0 rings (SSSR count). The first-order valence-corrected chi connectivity index (χ1v) is 62.1. The Morgan fingerprint density at radius 3 is 0.704 bits per heavy atom. The molecule has 0 aliphatic carbocycles. The van der Waals surface area contributed by atoms with E-state index in [0.717, 1.165) is 185 Å². The Balaban J connectivity index is -0.00000204. The summed E-state index contributed by atoms with van der Waals surface area (Å²) in [5, 5.41) is 0.0818. The average molecular weight is 2070 g/mol. The largest absolute Gasteiger partial charge is 0.462 e. The van der Waals surface area contributed by atoms with Crippen molar-refractivity contribution in [3.63, 3.8) is 0 Å². The molecule has 0 aliphatic rings. The summed E-state index contributed by atoms with van der Waals surface area (Å²) in [6, 6.07) is 0. The van der Waals surface area contributed by atoms with Crippen LogP contribution in [0.1, 0.15) is 526 Å². The maximum Gasteiger partial charge on any atom is 0.306 e. The lowest BCUT2D eigenvalue weighted by Gasteiger charge is -2.23. The number of nitrogens with zero attached hydrogens (tertiary/aromatic N) is 6. The highest BCUT2D eigenvalue weighted by molar-refractivity contribution is 8.14. The quantitative estimate of drug-likeness (QED) is 0.0238. The van der Waals surface area contributed by atoms with Crippen LogP contribution in [0.25, 0.3) is 0 Å². The van der Waals surface area contributed by atoms with Crippen LogP contribution in [0.5, 0.6) is 0 Å². The number of allylic oxidation sites excluding steroid dienone is 2. The average Bonchev–Trinajstić information content (AvgIpc) is 0.928. The van der Waals surface area contributed by atoms with E-state index in [0.29, 0.717) is 122 Å². The monoisotopic (exact) mass is 2060 g/mol. The molecule has 0 fully saturated rings. The van der Waals surface area contributed by atoms with Crippen LogP contribution in [-0.4, -0.2) is 236 Å². The fourth-order valence-electron chi connectivity index (χ4n) is 16.9. The molecular formula is C118H226N6O15S3. The minimum atomic E-state index is -0.237. The van der Waals surface area contributed by atoms with Crippen molar-refractivity contribution >= 4 is 86.8 Å². The van der Waals surface area contributed by atoms with E-state index in [2.05, 4.69) is 110 Å². The Labute approximate surface area is 887 Å². The van der Waals surface area contributed by atoms with Gasteiger partial charge in [0.15, 0.2) is 0 Å². The van der Waals surface area contributed by atoms with E-state index >= 15 is 0 Å². The molecule has 836 valence electrons. The van der Waals surface area contributed by atoms with Crippen LogP contribution in [0.4, 0.5) is 14.4 Å². The van der Waals surface area contributed by atoms with E-state index in [9.17, 15) is 43.2 Å². The second kappa shape index (κ2) is 111. The molecule has 0 spiro atoms. The Kier molecular flexibility index (Phi) is 111. The highest BCUT2D eigenvalue weighted by Crippen LogP contribution is 2.26. The van der Waals surface area contributed by atoms with Gasteiger partial charge in [0, 0.05) is 108 Å². The fourth-order valence-corrected chi connectivity index (χ4v) is 19.7. The lowest BCUT2D eigenvalue weighted by atomic mass is 10.0. The van der Waals surface area contributed by atoms with Gasteiger partial charge >= 0.3 is 35.8 Å². The van der Waals surface area contributed by atoms with Gasteiger partial charge in [-0.1, -0.05) is 367 Å². The van der Waals surface area contributed by atoms with E-state index in [4.69, 9.17) is 28.4 Å². The first-order chi connectivity index (χ1) is 69.0. The summed E-state index contributed by atoms with van der Waals surface area (Å²) in [5.74, 6) is 1.17. The van der Waals surface area contributed by atoms with Gasteiger partial charge in [0.05, 0.1) is 0 Å². The molecule has 0 aromatic rings. The summed E-state index contributed by atoms with van der Waals surface area (Å²) < 4.78 is 34.6. The molecular weight excluding hydrogens is 1840 g/mol. The summed E-state index contributed by atoms with van der Waals surface area (Å²) in [6.45, 7) is 34.8. The molecule has 24 heteroatoms. The number of hydrogen-bond acceptors (Lipinski definition) is 21. The molecule has 0 saturated heterocycles. The number of thioether (sulfide) groups is 3. The van der Waals surface area contributed by atoms with E-state index in [1.807, 2.05) is 50.1 Å². The Bertz CT molecular complexity index is 2870. The summed E-state index contributed by atoms with van der Waals surface area (Å²) in [7, 11) is 8.00. The van der Waals surface area contributed by atoms with Crippen molar-refractivity contribution in [2.75, 3.05) is 131 Å². The van der Waals surface area contributed by atoms with Crippen molar-refractivity contribution in [1.29, 1.82) is 0 Å². The molecule has 0 heterocycles. The number of carbonyl (C=O) groups excluding carboxylic acids is 9. The van der Waals surface area contributed by atoms with Gasteiger partial charge in [0.1, 0.15) is 37.6 Å². The second-order valence-electron chi connectivity index (χ2n) is 40.3. The molecule has 0 aromatic carbocycles. The van der Waals surface area contributed by atoms with Gasteiger partial charge in [-0.05, 0) is 228 Å². The van der Waals surface area contributed by atoms with Crippen molar-refractivity contribution in [1.82, 2.24) is 29.4 Å². The van der Waals surface area contributed by atoms with Gasteiger partial charge in [-0.2, -0.15) is 0 Å². The van der Waals surface area contributed by atoms with E-state index in [1.165, 1.54) is 260 Å². The maximum atomic E-state index is 13.2. The summed E-state index contributed by atoms with van der Waals surface area (Å²) in [6.07, 6.45) is 79.3. The number of hydrogen-bond donors (Lipinski definition) is 0. The molecule has 21 nitrogen and oxygen atoms in total. The van der Waals surface area contributed by atoms with Crippen LogP contribution in [-0.2, 0) is 57.2 Å². The normalized spacial score (nSPS) is 11.7. The standard InChI is InChI=1S/C41H78N2O5S.C39H74N2O5S.C38H74N2O5S/c1-6-11-14-17-19-22-25-36-47-39(44)31-26-34-43(41(46)49-37-28-33-42(9-4)10-5)35-27-32-40(45)48-38(29-23-20-16-13-8-3)30-24-21-18-15-12-7-2;1-6-9-12-15-18-21-24-34-45-37(42)29-25-31-41(39(44)47-35-33-40(4)5)32-26-30-38(43)46-36(27-22-19-16-13-10-7-2)28-23-20-17-14-11-8-3;1-7-11-15-19-26-35(27-20-16-12-8-2)45-37(42)29-23-31-40(38(43)46-33-32-39(5)6)30-22-21-28-36(41)44-34(24-17-13-9-3)25-18-14-10-4/h22,25,38H,6-21,23-24,26-37H2,1-5H3;21,24,36H,6-20,22-23,25-35H2,1-5H3;34-35H,7-33H2,1-6H3/b25-22-;24-21-;. The smallest absolute Gasteiger partial charge is 0.306 e. The second-order valence-corrected chi connectivity index (χ2v) is 43.4. The first-order valence-electron chi connectivity index (χ1n) is 59.2. The molecule has 0 bridgehead atoms. The van der Waals surface area contributed by atoms with Crippen LogP contribution >= 0.6 is 35.3 Å². The van der Waals surface area contributed by atoms with Crippen molar-refractivity contribution < 1.29 is 71.6 Å². The minimum absolute atomic E-state index is 0.00101. The third-order valence-corrected chi connectivity index (χ3v) is 28.9. The SMILES string of the molecule is CCCCCC/C=C\COC(=O)CCCN(CCCC(=O)OC(CCCCCCC)CCCCCCCC)C(=O)SCCCN(CC)CC.CCCCCC/C=C\COC(=O)CCCN(CCCC(=O)OC(CCCCCCCC)CCCCCCCC)C(=O)SCCN(C)C.CCCCCCC(CCCCCC)OC(=O)CCCN(CCCCC(=O)OC(CCCCC)CCCCC)C(=O)SCCN(C)C. The first kappa shape index (κ1) is 142. The molecule has 0 radical (unpaired) electrons. The summed E-state index contributed by atoms with van der Waals surface area (Å²) in [4.78, 5) is 127. The van der Waals surface area contributed by atoms with Crippen LogP contribution in [0, 0.1) is 0 Å². The number of amides is 3. The molecule has 0 N–H and O–H groups in total. The third kappa shape index (κ3) is 100. The van der Waals surface area contributed by atoms with E-state index in [-0.39, 0.29) is 88.8 Å². The van der Waals surface area contributed by atoms with Gasteiger partial charge in [-0.15, -0.1) is 0 Å². The Hall–Kier alpha value is -4.36. The Morgan fingerprint density at radius 1 is 0.218 bits per heavy atom. The molecule has 142 heavy (non-hydrogen) atoms. The van der Waals surface area contributed by atoms with Gasteiger partial charge in [0.2, 0.25) is 0 Å². The van der Waals surface area contributed by atoms with Crippen LogP contribution in [0.3, 0.4) is 0 Å². The molecule has 1 atom stereocenters. The van der Waals surface area contributed by atoms with Crippen molar-refractivity contribution in [3.8, 4) is 0 Å². The van der Waals surface area contributed by atoms with Crippen molar-refractivity contribution in [2.24, 2.45) is 0 Å². The molecule has 1 unspecified atom stereocenters. The van der Waals surface area contributed by atoms with Crippen molar-refractivity contribution in [3.05, 3.63) is 24.3 Å². The van der Waals surface area contributed by atoms with Crippen molar-refractivity contribution in [2.45, 2.75) is 551 Å². The highest BCUT2D eigenvalue weighted by Gasteiger charge is 2.24. The molecule has 0 saturated carbocycles. The maximum absolute atomic E-state index is 13.2. The number of esters is 6. The fraction of sp³-hybridized carbons (Fsp3) is 0.890. The lowest BCUT2D eigenvalue weighted by Crippen LogP contribution is -2.31. The molecule has 0 aliphatic heterocycles. The number of rotatable bonds is 100. The lowest BCUT2D eigenvalue weighted by molar-refractivity contribution is -0.151. The third-order valence-electron chi connectivity index (χ3n) is 26.1. The Morgan fingerprint density at radius 2 is 0.437 bits per heavy atom. The molecule has 3 amide bonds. The van der Waals surface area contributed by atoms with Gasteiger partial charge in [-0.25, -0.2) is 0 Å². The highest BCUT2D eigenvalue weighted by atomic mass is 32.2. The van der Waals surface area contributed by atoms with Gasteiger partial charge in [0.25, 0.3) is 15.7 Å². The van der Waals surface area contributed by atoms with Crippen LogP contribution < -0.4 is 0 Å². The van der Waals surface area contributed by atoms with Crippen LogP contribution in [0.2, 0.25) is 0 Å². The van der Waals surface area contributed by atoms with Gasteiger partial charge < -0.3 is 57.8 Å². The van der Waals surface area contributed by atoms with E-state index < -0.39 is 0 Å². The zero-order valence-electron chi connectivity index (χ0n) is 95.3. The zero-order valence-corrected chi connectivity index (χ0v) is 97.7. The van der Waals surface area contributed by atoms with Gasteiger partial charge in [-0.3, -0.25) is 43.2 Å². The number of carbonyl (C=O) groups is 9. The number of ether oxygens (including phenoxy) is 6. The van der Waals surface area contributed by atoms with E-state index in [1.54, 1.807) is 4.90 Å². The zero-order chi connectivity index (χ0) is 105. The minimum Gasteiger partial charge on any atom is -0.462 e. The summed E-state index contributed by atoms with van der Waals surface area (Å²) >= 11 is 3.99. The predicted molar refractivity (Wildman–Crippen MR) is 608 cm³/mol. The van der Waals surface area contributed by atoms with Crippen LogP contribution in [0.15, 0.2) is 24.3 Å². The number of unbranched alkanes of at least 4 members (excludes halogenated alkanes) is 38. The predicted octanol–water partition coefficient (Wildman–Crippen LogP) is 32.9. The topological polar surface area (TPSA) is 228 Å². The summed E-state index contributed by atoms with van der Waals surface area (Å²) in [5.41, 5.74) is 0.